The predicted molar refractivity (Wildman–Crippen MR) is 74.4 cm³/mol. The summed E-state index contributed by atoms with van der Waals surface area (Å²) in [5.41, 5.74) is 0. The SMILES string of the molecule is O=S(=O)(c1cccs1)N(Cc1cccs1)C1CC1. The molecule has 0 amide bonds. The third-order valence-electron chi connectivity index (χ3n) is 2.90. The summed E-state index contributed by atoms with van der Waals surface area (Å²) in [5.74, 6) is 0. The smallest absolute Gasteiger partial charge is 0.206 e. The van der Waals surface area contributed by atoms with Crippen molar-refractivity contribution >= 4 is 32.7 Å². The zero-order valence-electron chi connectivity index (χ0n) is 9.65. The average molecular weight is 299 g/mol. The second-order valence-corrected chi connectivity index (χ2v) is 8.39. The van der Waals surface area contributed by atoms with E-state index in [-0.39, 0.29) is 6.04 Å². The Morgan fingerprint density at radius 1 is 1.17 bits per heavy atom. The second kappa shape index (κ2) is 4.77. The molecule has 0 saturated heterocycles. The fourth-order valence-electron chi connectivity index (χ4n) is 1.85. The van der Waals surface area contributed by atoms with Crippen LogP contribution in [0.3, 0.4) is 0 Å². The molecule has 18 heavy (non-hydrogen) atoms. The highest BCUT2D eigenvalue weighted by Crippen LogP contribution is 2.35. The number of nitrogens with zero attached hydrogens (tertiary/aromatic N) is 1. The van der Waals surface area contributed by atoms with Crippen LogP contribution >= 0.6 is 22.7 Å². The van der Waals surface area contributed by atoms with E-state index in [2.05, 4.69) is 0 Å². The molecule has 1 aliphatic rings. The van der Waals surface area contributed by atoms with E-state index in [0.717, 1.165) is 17.7 Å². The van der Waals surface area contributed by atoms with E-state index in [0.29, 0.717) is 10.8 Å². The summed E-state index contributed by atoms with van der Waals surface area (Å²) in [5, 5.41) is 3.79. The summed E-state index contributed by atoms with van der Waals surface area (Å²) in [6, 6.07) is 7.61. The van der Waals surface area contributed by atoms with Gasteiger partial charge >= 0.3 is 0 Å². The van der Waals surface area contributed by atoms with Gasteiger partial charge in [0.15, 0.2) is 0 Å². The van der Waals surface area contributed by atoms with Gasteiger partial charge in [-0.3, -0.25) is 0 Å². The molecule has 0 aromatic carbocycles. The van der Waals surface area contributed by atoms with Crippen molar-refractivity contribution in [1.82, 2.24) is 4.31 Å². The van der Waals surface area contributed by atoms with Crippen molar-refractivity contribution in [3.63, 3.8) is 0 Å². The normalized spacial score (nSPS) is 16.3. The van der Waals surface area contributed by atoms with Gasteiger partial charge in [0.1, 0.15) is 4.21 Å². The molecule has 0 N–H and O–H groups in total. The van der Waals surface area contributed by atoms with E-state index in [1.807, 2.05) is 22.9 Å². The number of rotatable bonds is 5. The van der Waals surface area contributed by atoms with E-state index in [1.54, 1.807) is 27.8 Å². The zero-order valence-corrected chi connectivity index (χ0v) is 12.1. The minimum Gasteiger partial charge on any atom is -0.206 e. The van der Waals surface area contributed by atoms with Crippen molar-refractivity contribution in [3.05, 3.63) is 39.9 Å². The average Bonchev–Trinajstić information content (AvgIpc) is 2.87. The molecule has 0 radical (unpaired) electrons. The van der Waals surface area contributed by atoms with Gasteiger partial charge in [-0.1, -0.05) is 12.1 Å². The van der Waals surface area contributed by atoms with Crippen LogP contribution in [0, 0.1) is 0 Å². The maximum Gasteiger partial charge on any atom is 0.253 e. The number of sulfonamides is 1. The minimum absolute atomic E-state index is 0.194. The molecule has 2 aromatic heterocycles. The maximum atomic E-state index is 12.5. The maximum absolute atomic E-state index is 12.5. The van der Waals surface area contributed by atoms with Crippen molar-refractivity contribution in [3.8, 4) is 0 Å². The minimum atomic E-state index is -3.31. The Morgan fingerprint density at radius 3 is 2.44 bits per heavy atom. The van der Waals surface area contributed by atoms with Crippen LogP contribution in [0.15, 0.2) is 39.2 Å². The summed E-state index contributed by atoms with van der Waals surface area (Å²) in [6.45, 7) is 0.503. The molecule has 0 atom stereocenters. The number of thiophene rings is 2. The molecule has 2 aromatic rings. The largest absolute Gasteiger partial charge is 0.253 e. The molecular formula is C12H13NO2S3. The Morgan fingerprint density at radius 2 is 1.89 bits per heavy atom. The monoisotopic (exact) mass is 299 g/mol. The number of hydrogen-bond acceptors (Lipinski definition) is 4. The molecule has 0 unspecified atom stereocenters. The van der Waals surface area contributed by atoms with E-state index in [1.165, 1.54) is 11.3 Å². The molecule has 1 saturated carbocycles. The lowest BCUT2D eigenvalue weighted by Gasteiger charge is -2.20. The van der Waals surface area contributed by atoms with Crippen LogP contribution in [-0.4, -0.2) is 18.8 Å². The van der Waals surface area contributed by atoms with Crippen LogP contribution in [0.5, 0.6) is 0 Å². The van der Waals surface area contributed by atoms with Gasteiger partial charge in [-0.2, -0.15) is 4.31 Å². The van der Waals surface area contributed by atoms with Crippen LogP contribution in [0.1, 0.15) is 17.7 Å². The summed E-state index contributed by atoms with van der Waals surface area (Å²) in [6.07, 6.45) is 1.96. The summed E-state index contributed by atoms with van der Waals surface area (Å²) in [4.78, 5) is 1.10. The Kier molecular flexibility index (Phi) is 3.27. The second-order valence-electron chi connectivity index (χ2n) is 4.29. The van der Waals surface area contributed by atoms with Crippen LogP contribution in [0.25, 0.3) is 0 Å². The quantitative estimate of drug-likeness (QED) is 0.850. The zero-order chi connectivity index (χ0) is 12.6. The highest BCUT2D eigenvalue weighted by atomic mass is 32.2. The Bertz CT molecular complexity index is 598. The lowest BCUT2D eigenvalue weighted by atomic mass is 10.4. The van der Waals surface area contributed by atoms with Crippen molar-refractivity contribution < 1.29 is 8.42 Å². The van der Waals surface area contributed by atoms with Crippen molar-refractivity contribution in [1.29, 1.82) is 0 Å². The van der Waals surface area contributed by atoms with E-state index in [9.17, 15) is 8.42 Å². The molecule has 0 aliphatic heterocycles. The third kappa shape index (κ3) is 2.38. The Balaban J connectivity index is 1.90. The highest BCUT2D eigenvalue weighted by Gasteiger charge is 2.38. The Hall–Kier alpha value is -0.690. The standard InChI is InChI=1S/C12H13NO2S3/c14-18(15,12-4-2-8-17-12)13(10-5-6-10)9-11-3-1-7-16-11/h1-4,7-8,10H,5-6,9H2. The van der Waals surface area contributed by atoms with Gasteiger partial charge in [0.05, 0.1) is 0 Å². The Labute approximate surface area is 115 Å². The van der Waals surface area contributed by atoms with Crippen LogP contribution in [0.4, 0.5) is 0 Å². The van der Waals surface area contributed by atoms with Gasteiger partial charge in [0.25, 0.3) is 10.0 Å². The summed E-state index contributed by atoms with van der Waals surface area (Å²) < 4.78 is 27.2. The highest BCUT2D eigenvalue weighted by molar-refractivity contribution is 7.91. The molecule has 1 fully saturated rings. The molecule has 1 aliphatic carbocycles. The van der Waals surface area contributed by atoms with E-state index < -0.39 is 10.0 Å². The first kappa shape index (κ1) is 12.3. The first-order chi connectivity index (χ1) is 8.68. The van der Waals surface area contributed by atoms with Crippen molar-refractivity contribution in [2.75, 3.05) is 0 Å². The van der Waals surface area contributed by atoms with Crippen LogP contribution in [0.2, 0.25) is 0 Å². The van der Waals surface area contributed by atoms with Gasteiger partial charge in [-0.25, -0.2) is 8.42 Å². The summed E-state index contributed by atoms with van der Waals surface area (Å²) >= 11 is 2.90. The van der Waals surface area contributed by atoms with E-state index >= 15 is 0 Å². The van der Waals surface area contributed by atoms with Gasteiger partial charge in [0, 0.05) is 17.5 Å². The molecule has 0 bridgehead atoms. The first-order valence-corrected chi connectivity index (χ1v) is 8.95. The molecule has 0 spiro atoms. The lowest BCUT2D eigenvalue weighted by molar-refractivity contribution is 0.403. The molecule has 96 valence electrons. The van der Waals surface area contributed by atoms with Crippen molar-refractivity contribution in [2.24, 2.45) is 0 Å². The third-order valence-corrected chi connectivity index (χ3v) is 7.04. The lowest BCUT2D eigenvalue weighted by Crippen LogP contribution is -2.31. The fraction of sp³-hybridized carbons (Fsp3) is 0.333. The van der Waals surface area contributed by atoms with Crippen molar-refractivity contribution in [2.45, 2.75) is 29.6 Å². The van der Waals surface area contributed by atoms with Crippen LogP contribution in [-0.2, 0) is 16.6 Å². The molecule has 2 heterocycles. The molecular weight excluding hydrogens is 286 g/mol. The molecule has 3 nitrogen and oxygen atoms in total. The number of hydrogen-bond donors (Lipinski definition) is 0. The summed E-state index contributed by atoms with van der Waals surface area (Å²) in [7, 11) is -3.31. The predicted octanol–water partition coefficient (Wildman–Crippen LogP) is 3.16. The van der Waals surface area contributed by atoms with Gasteiger partial charge in [0.2, 0.25) is 0 Å². The van der Waals surface area contributed by atoms with Crippen LogP contribution < -0.4 is 0 Å². The molecule has 6 heteroatoms. The van der Waals surface area contributed by atoms with Gasteiger partial charge < -0.3 is 0 Å². The van der Waals surface area contributed by atoms with Gasteiger partial charge in [-0.05, 0) is 35.7 Å². The van der Waals surface area contributed by atoms with Gasteiger partial charge in [-0.15, -0.1) is 22.7 Å². The first-order valence-electron chi connectivity index (χ1n) is 5.75. The van der Waals surface area contributed by atoms with E-state index in [4.69, 9.17) is 0 Å². The molecule has 3 rings (SSSR count). The fourth-order valence-corrected chi connectivity index (χ4v) is 5.42. The topological polar surface area (TPSA) is 37.4 Å².